The fourth-order valence-corrected chi connectivity index (χ4v) is 7.60. The highest BCUT2D eigenvalue weighted by molar-refractivity contribution is 5.70. The van der Waals surface area contributed by atoms with Crippen LogP contribution in [0.5, 0.6) is 0 Å². The lowest BCUT2D eigenvalue weighted by Gasteiger charge is -2.18. The number of hydrogen-bond acceptors (Lipinski definition) is 5. The molecule has 0 fully saturated rings. The zero-order valence-electron chi connectivity index (χ0n) is 44.6. The highest BCUT2D eigenvalue weighted by Gasteiger charge is 2.17. The number of esters is 2. The lowest BCUT2D eigenvalue weighted by atomic mass is 10.1. The molecule has 0 aromatic carbocycles. The Balaban J connectivity index is 4.36. The van der Waals surface area contributed by atoms with Crippen LogP contribution in [0.1, 0.15) is 252 Å². The normalized spacial score (nSPS) is 13.0. The van der Waals surface area contributed by atoms with Gasteiger partial charge >= 0.3 is 11.9 Å². The van der Waals surface area contributed by atoms with Gasteiger partial charge in [-0.2, -0.15) is 0 Å². The summed E-state index contributed by atoms with van der Waals surface area (Å²) in [6.45, 7) is 7.50. The predicted octanol–water partition coefficient (Wildman–Crippen LogP) is 19.6. The Kier molecular flexibility index (Phi) is 54.9. The first kappa shape index (κ1) is 64.6. The van der Waals surface area contributed by atoms with Gasteiger partial charge in [0.1, 0.15) is 6.61 Å². The average Bonchev–Trinajstić information content (AvgIpc) is 3.34. The highest BCUT2D eigenvalue weighted by Crippen LogP contribution is 2.14. The molecule has 0 saturated heterocycles. The van der Waals surface area contributed by atoms with Crippen LogP contribution in [0.25, 0.3) is 0 Å². The number of rotatable bonds is 51. The Bertz CT molecular complexity index is 1340. The topological polar surface area (TPSA) is 61.8 Å². The Morgan fingerprint density at radius 1 is 0.338 bits per heavy atom. The number of unbranched alkanes of at least 4 members (excludes halogenated alkanes) is 22. The highest BCUT2D eigenvalue weighted by atomic mass is 16.6. The molecule has 0 aliphatic rings. The Hall–Kier alpha value is -3.44. The lowest BCUT2D eigenvalue weighted by Crippen LogP contribution is -2.30. The first-order chi connectivity index (χ1) is 33.6. The van der Waals surface area contributed by atoms with Crippen LogP contribution in [-0.4, -0.2) is 37.9 Å². The molecule has 68 heavy (non-hydrogen) atoms. The van der Waals surface area contributed by atoms with Crippen LogP contribution in [0, 0.1) is 0 Å². The van der Waals surface area contributed by atoms with Crippen molar-refractivity contribution in [3.8, 4) is 0 Å². The third-order valence-electron chi connectivity index (χ3n) is 11.8. The van der Waals surface area contributed by atoms with E-state index < -0.39 is 6.10 Å². The van der Waals surface area contributed by atoms with E-state index in [-0.39, 0.29) is 25.2 Å². The van der Waals surface area contributed by atoms with E-state index in [2.05, 4.69) is 130 Å². The van der Waals surface area contributed by atoms with Crippen molar-refractivity contribution in [1.82, 2.24) is 0 Å². The molecule has 0 aromatic rings. The van der Waals surface area contributed by atoms with Crippen LogP contribution < -0.4 is 0 Å². The first-order valence-corrected chi connectivity index (χ1v) is 28.4. The zero-order chi connectivity index (χ0) is 49.2. The zero-order valence-corrected chi connectivity index (χ0v) is 44.6. The van der Waals surface area contributed by atoms with Gasteiger partial charge in [0, 0.05) is 19.4 Å². The number of hydrogen-bond donors (Lipinski definition) is 0. The summed E-state index contributed by atoms with van der Waals surface area (Å²) in [4.78, 5) is 25.5. The molecular weight excluding hydrogens is 837 g/mol. The van der Waals surface area contributed by atoms with E-state index in [0.29, 0.717) is 19.4 Å². The third-order valence-corrected chi connectivity index (χ3v) is 11.8. The Labute approximate surface area is 421 Å². The fraction of sp³-hybridized carbons (Fsp3) is 0.683. The maximum absolute atomic E-state index is 12.9. The van der Waals surface area contributed by atoms with E-state index in [1.807, 2.05) is 0 Å². The molecule has 0 aliphatic carbocycles. The molecule has 5 heteroatoms. The second kappa shape index (κ2) is 57.9. The van der Waals surface area contributed by atoms with Crippen molar-refractivity contribution >= 4 is 11.9 Å². The maximum atomic E-state index is 12.9. The van der Waals surface area contributed by atoms with Crippen molar-refractivity contribution in [2.24, 2.45) is 0 Å². The molecule has 1 unspecified atom stereocenters. The smallest absolute Gasteiger partial charge is 0.306 e. The van der Waals surface area contributed by atoms with E-state index in [1.54, 1.807) is 0 Å². The quantitative estimate of drug-likeness (QED) is 0.0345. The van der Waals surface area contributed by atoms with Crippen LogP contribution in [0.4, 0.5) is 0 Å². The molecule has 0 aliphatic heterocycles. The van der Waals surface area contributed by atoms with Gasteiger partial charge in [0.2, 0.25) is 0 Å². The summed E-state index contributed by atoms with van der Waals surface area (Å²) in [7, 11) is 0. The maximum Gasteiger partial charge on any atom is 0.306 e. The van der Waals surface area contributed by atoms with E-state index in [9.17, 15) is 9.59 Å². The van der Waals surface area contributed by atoms with Gasteiger partial charge in [0.15, 0.2) is 6.10 Å². The third kappa shape index (κ3) is 55.2. The van der Waals surface area contributed by atoms with Gasteiger partial charge in [-0.25, -0.2) is 0 Å². The monoisotopic (exact) mass is 943 g/mol. The van der Waals surface area contributed by atoms with Gasteiger partial charge < -0.3 is 14.2 Å². The van der Waals surface area contributed by atoms with Crippen molar-refractivity contribution in [2.45, 2.75) is 258 Å². The largest absolute Gasteiger partial charge is 0.462 e. The fourth-order valence-electron chi connectivity index (χ4n) is 7.60. The van der Waals surface area contributed by atoms with Gasteiger partial charge in [-0.15, -0.1) is 0 Å². The summed E-state index contributed by atoms with van der Waals surface area (Å²) in [6, 6.07) is 0. The summed E-state index contributed by atoms with van der Waals surface area (Å²) in [5.74, 6) is -0.432. The lowest BCUT2D eigenvalue weighted by molar-refractivity contribution is -0.163. The van der Waals surface area contributed by atoms with Crippen molar-refractivity contribution < 1.29 is 23.8 Å². The van der Waals surface area contributed by atoms with Crippen LogP contribution in [0.2, 0.25) is 0 Å². The molecule has 0 saturated carbocycles. The SMILES string of the molecule is CC/C=C\C/C=C\C/C=C\C/C=C\CCCCCOCC(COC(=O)CCCCCCCCCCC/C=C\C/C=C\CCCCC)OC(=O)CCCCCCCCC/C=C\C/C=C\C/C=C\CC. The summed E-state index contributed by atoms with van der Waals surface area (Å²) >= 11 is 0. The van der Waals surface area contributed by atoms with Crippen molar-refractivity contribution in [3.63, 3.8) is 0 Å². The molecular formula is C63H106O5. The molecule has 0 heterocycles. The number of carbonyl (C=O) groups excluding carboxylic acids is 2. The predicted molar refractivity (Wildman–Crippen MR) is 297 cm³/mol. The second-order valence-corrected chi connectivity index (χ2v) is 18.4. The Morgan fingerprint density at radius 2 is 0.662 bits per heavy atom. The molecule has 388 valence electrons. The number of allylic oxidation sites excluding steroid dienone is 18. The summed E-state index contributed by atoms with van der Waals surface area (Å²) in [6.07, 6.45) is 79.6. The molecule has 5 nitrogen and oxygen atoms in total. The number of carbonyl (C=O) groups is 2. The number of ether oxygens (including phenoxy) is 3. The van der Waals surface area contributed by atoms with E-state index in [4.69, 9.17) is 14.2 Å². The first-order valence-electron chi connectivity index (χ1n) is 28.4. The van der Waals surface area contributed by atoms with Crippen LogP contribution in [0.3, 0.4) is 0 Å². The minimum Gasteiger partial charge on any atom is -0.462 e. The summed E-state index contributed by atoms with van der Waals surface area (Å²) < 4.78 is 17.4. The van der Waals surface area contributed by atoms with Gasteiger partial charge in [-0.1, -0.05) is 226 Å². The minimum absolute atomic E-state index is 0.0604. The molecule has 0 bridgehead atoms. The van der Waals surface area contributed by atoms with Gasteiger partial charge in [-0.3, -0.25) is 9.59 Å². The second-order valence-electron chi connectivity index (χ2n) is 18.4. The summed E-state index contributed by atoms with van der Waals surface area (Å²) in [5, 5.41) is 0. The van der Waals surface area contributed by atoms with Gasteiger partial charge in [0.25, 0.3) is 0 Å². The van der Waals surface area contributed by atoms with Crippen LogP contribution in [-0.2, 0) is 23.8 Å². The van der Waals surface area contributed by atoms with E-state index >= 15 is 0 Å². The van der Waals surface area contributed by atoms with Crippen molar-refractivity contribution in [2.75, 3.05) is 19.8 Å². The molecule has 1 atom stereocenters. The van der Waals surface area contributed by atoms with E-state index in [1.165, 1.54) is 96.3 Å². The Morgan fingerprint density at radius 3 is 1.06 bits per heavy atom. The molecule has 0 aromatic heterocycles. The van der Waals surface area contributed by atoms with Gasteiger partial charge in [0.05, 0.1) is 6.61 Å². The minimum atomic E-state index is -0.567. The van der Waals surface area contributed by atoms with Crippen molar-refractivity contribution in [3.05, 3.63) is 109 Å². The van der Waals surface area contributed by atoms with E-state index in [0.717, 1.165) is 122 Å². The van der Waals surface area contributed by atoms with Crippen LogP contribution in [0.15, 0.2) is 109 Å². The van der Waals surface area contributed by atoms with Crippen molar-refractivity contribution in [1.29, 1.82) is 0 Å². The molecule has 0 amide bonds. The molecule has 0 N–H and O–H groups in total. The average molecular weight is 944 g/mol. The van der Waals surface area contributed by atoms with Gasteiger partial charge in [-0.05, 0) is 122 Å². The molecule has 0 rings (SSSR count). The van der Waals surface area contributed by atoms with Crippen LogP contribution >= 0.6 is 0 Å². The summed E-state index contributed by atoms with van der Waals surface area (Å²) in [5.41, 5.74) is 0. The molecule has 0 spiro atoms. The molecule has 0 radical (unpaired) electrons. The standard InChI is InChI=1S/C63H106O5/c1-4-7-10-13-16-19-22-25-28-31-32-34-35-38-41-44-47-50-53-56-62(64)67-60-61(59-66-58-55-52-49-46-43-40-37-30-27-24-21-18-15-12-9-6-3)68-63(65)57-54-51-48-45-42-39-36-33-29-26-23-20-17-14-11-8-5-2/h8-9,11-12,16-21,25-30,40,43,61H,4-7,10,13-15,22-24,31-39,41-42,44-60H2,1-3H3/b11-8-,12-9-,19-16-,20-17-,21-18-,28-25-,29-26-,30-27-,43-40-.